The third-order valence-corrected chi connectivity index (χ3v) is 4.16. The third-order valence-electron chi connectivity index (χ3n) is 3.63. The van der Waals surface area contributed by atoms with Crippen molar-refractivity contribution in [3.63, 3.8) is 0 Å². The predicted octanol–water partition coefficient (Wildman–Crippen LogP) is 4.63. The van der Waals surface area contributed by atoms with E-state index >= 15 is 0 Å². The van der Waals surface area contributed by atoms with Gasteiger partial charge in [0, 0.05) is 24.1 Å². The summed E-state index contributed by atoms with van der Waals surface area (Å²) in [5.74, 6) is 1.12. The van der Waals surface area contributed by atoms with Gasteiger partial charge in [0.25, 0.3) is 0 Å². The van der Waals surface area contributed by atoms with E-state index in [1.165, 1.54) is 25.0 Å². The molecule has 0 atom stereocenters. The molecule has 0 aromatic carbocycles. The number of fused-ring (bicyclic) bond motifs is 1. The van der Waals surface area contributed by atoms with Crippen LogP contribution in [0.15, 0.2) is 24.4 Å². The van der Waals surface area contributed by atoms with Crippen molar-refractivity contribution in [1.82, 2.24) is 9.38 Å². The highest BCUT2D eigenvalue weighted by Crippen LogP contribution is 2.26. The molecule has 110 valence electrons. The van der Waals surface area contributed by atoms with E-state index in [2.05, 4.69) is 64.3 Å². The van der Waals surface area contributed by atoms with Crippen LogP contribution in [0.1, 0.15) is 45.7 Å². The summed E-state index contributed by atoms with van der Waals surface area (Å²) in [6.07, 6.45) is 5.85. The summed E-state index contributed by atoms with van der Waals surface area (Å²) in [7, 11) is 0. The molecule has 3 nitrogen and oxygen atoms in total. The van der Waals surface area contributed by atoms with Gasteiger partial charge in [-0.25, -0.2) is 4.98 Å². The van der Waals surface area contributed by atoms with E-state index in [9.17, 15) is 0 Å². The van der Waals surface area contributed by atoms with Crippen molar-refractivity contribution < 1.29 is 0 Å². The van der Waals surface area contributed by atoms with Gasteiger partial charge in [0.15, 0.2) is 5.82 Å². The Morgan fingerprint density at radius 1 is 1.30 bits per heavy atom. The molecule has 0 radical (unpaired) electrons. The lowest BCUT2D eigenvalue weighted by atomic mass is 10.2. The largest absolute Gasteiger partial charge is 0.353 e. The number of hydrogen-bond donors (Lipinski definition) is 0. The number of rotatable bonds is 7. The van der Waals surface area contributed by atoms with E-state index in [-0.39, 0.29) is 0 Å². The van der Waals surface area contributed by atoms with Gasteiger partial charge in [-0.2, -0.15) is 0 Å². The van der Waals surface area contributed by atoms with E-state index in [0.29, 0.717) is 6.04 Å². The van der Waals surface area contributed by atoms with E-state index in [0.717, 1.165) is 23.3 Å². The summed E-state index contributed by atoms with van der Waals surface area (Å²) < 4.78 is 2.18. The number of nitrogens with zero attached hydrogens (tertiary/aromatic N) is 3. The quantitative estimate of drug-likeness (QED) is 0.542. The molecule has 0 saturated carbocycles. The minimum absolute atomic E-state index is 0.467. The Morgan fingerprint density at radius 2 is 2.10 bits per heavy atom. The first-order chi connectivity index (χ1) is 9.69. The first-order valence-electron chi connectivity index (χ1n) is 7.47. The summed E-state index contributed by atoms with van der Waals surface area (Å²) >= 11 is 3.62. The minimum atomic E-state index is 0.467. The lowest BCUT2D eigenvalue weighted by molar-refractivity contribution is 0.619. The van der Waals surface area contributed by atoms with Crippen molar-refractivity contribution in [3.8, 4) is 0 Å². The van der Waals surface area contributed by atoms with Crippen molar-refractivity contribution in [3.05, 3.63) is 30.1 Å². The zero-order chi connectivity index (χ0) is 14.5. The molecule has 4 heteroatoms. The van der Waals surface area contributed by atoms with Crippen LogP contribution in [0.3, 0.4) is 0 Å². The van der Waals surface area contributed by atoms with Crippen molar-refractivity contribution in [1.29, 1.82) is 0 Å². The third kappa shape index (κ3) is 3.17. The number of unbranched alkanes of at least 4 members (excludes halogenated alkanes) is 2. The van der Waals surface area contributed by atoms with Crippen molar-refractivity contribution >= 4 is 27.4 Å². The number of imidazole rings is 1. The predicted molar refractivity (Wildman–Crippen MR) is 89.8 cm³/mol. The van der Waals surface area contributed by atoms with Gasteiger partial charge >= 0.3 is 0 Å². The molecule has 0 fully saturated rings. The Labute approximate surface area is 130 Å². The number of alkyl halides is 1. The Bertz CT molecular complexity index is 548. The second kappa shape index (κ2) is 7.11. The summed E-state index contributed by atoms with van der Waals surface area (Å²) in [6.45, 7) is 7.81. The molecular formula is C16H24BrN3. The van der Waals surface area contributed by atoms with Gasteiger partial charge in [0.05, 0.1) is 5.69 Å². The SMILES string of the molecule is CCCCCN(c1nc2ccccn2c1CBr)C(C)C. The smallest absolute Gasteiger partial charge is 0.152 e. The lowest BCUT2D eigenvalue weighted by Crippen LogP contribution is -2.32. The molecule has 0 unspecified atom stereocenters. The molecule has 2 aromatic heterocycles. The van der Waals surface area contributed by atoms with E-state index in [4.69, 9.17) is 4.98 Å². The maximum absolute atomic E-state index is 4.84. The van der Waals surface area contributed by atoms with E-state index in [1.54, 1.807) is 0 Å². The molecule has 20 heavy (non-hydrogen) atoms. The van der Waals surface area contributed by atoms with Crippen LogP contribution in [-0.4, -0.2) is 22.0 Å². The molecule has 0 amide bonds. The van der Waals surface area contributed by atoms with Gasteiger partial charge in [0.2, 0.25) is 0 Å². The van der Waals surface area contributed by atoms with Gasteiger partial charge in [-0.15, -0.1) is 0 Å². The van der Waals surface area contributed by atoms with Crippen LogP contribution >= 0.6 is 15.9 Å². The fraction of sp³-hybridized carbons (Fsp3) is 0.562. The van der Waals surface area contributed by atoms with Crippen LogP contribution in [-0.2, 0) is 5.33 Å². The molecule has 0 N–H and O–H groups in total. The fourth-order valence-electron chi connectivity index (χ4n) is 2.53. The fourth-order valence-corrected chi connectivity index (χ4v) is 3.05. The first-order valence-corrected chi connectivity index (χ1v) is 8.59. The molecular weight excluding hydrogens is 314 g/mol. The van der Waals surface area contributed by atoms with Crippen molar-refractivity contribution in [2.24, 2.45) is 0 Å². The van der Waals surface area contributed by atoms with Crippen LogP contribution in [0, 0.1) is 0 Å². The lowest BCUT2D eigenvalue weighted by Gasteiger charge is -2.27. The Kier molecular flexibility index (Phi) is 5.46. The first kappa shape index (κ1) is 15.4. The Morgan fingerprint density at radius 3 is 2.75 bits per heavy atom. The number of aromatic nitrogens is 2. The minimum Gasteiger partial charge on any atom is -0.353 e. The highest BCUT2D eigenvalue weighted by Gasteiger charge is 2.19. The highest BCUT2D eigenvalue weighted by molar-refractivity contribution is 9.08. The summed E-state index contributed by atoms with van der Waals surface area (Å²) in [5, 5.41) is 0.824. The van der Waals surface area contributed by atoms with Crippen LogP contribution in [0.4, 0.5) is 5.82 Å². The van der Waals surface area contributed by atoms with Crippen molar-refractivity contribution in [2.75, 3.05) is 11.4 Å². The number of halogens is 1. The molecule has 2 heterocycles. The molecule has 0 bridgehead atoms. The van der Waals surface area contributed by atoms with Crippen LogP contribution in [0.2, 0.25) is 0 Å². The monoisotopic (exact) mass is 337 g/mol. The topological polar surface area (TPSA) is 20.5 Å². The molecule has 0 aliphatic carbocycles. The van der Waals surface area contributed by atoms with Gasteiger partial charge in [-0.3, -0.25) is 0 Å². The maximum atomic E-state index is 4.84. The molecule has 0 spiro atoms. The van der Waals surface area contributed by atoms with Crippen LogP contribution < -0.4 is 4.90 Å². The van der Waals surface area contributed by atoms with E-state index in [1.807, 2.05) is 6.07 Å². The number of anilines is 1. The van der Waals surface area contributed by atoms with Crippen molar-refractivity contribution in [2.45, 2.75) is 51.4 Å². The van der Waals surface area contributed by atoms with Gasteiger partial charge in [-0.1, -0.05) is 41.8 Å². The second-order valence-corrected chi connectivity index (χ2v) is 6.00. The average Bonchev–Trinajstić information content (AvgIpc) is 2.81. The normalized spacial score (nSPS) is 11.4. The summed E-state index contributed by atoms with van der Waals surface area (Å²) in [5.41, 5.74) is 2.27. The second-order valence-electron chi connectivity index (χ2n) is 5.44. The average molecular weight is 338 g/mol. The highest BCUT2D eigenvalue weighted by atomic mass is 79.9. The van der Waals surface area contributed by atoms with E-state index < -0.39 is 0 Å². The van der Waals surface area contributed by atoms with Gasteiger partial charge in [-0.05, 0) is 32.4 Å². The van der Waals surface area contributed by atoms with Gasteiger partial charge < -0.3 is 9.30 Å². The summed E-state index contributed by atoms with van der Waals surface area (Å²) in [4.78, 5) is 7.27. The molecule has 2 rings (SSSR count). The molecule has 2 aromatic rings. The standard InChI is InChI=1S/C16H24BrN3/c1-4-5-7-10-19(13(2)3)16-14(12-17)20-11-8-6-9-15(20)18-16/h6,8-9,11,13H,4-5,7,10,12H2,1-3H3. The van der Waals surface area contributed by atoms with Crippen LogP contribution in [0.25, 0.3) is 5.65 Å². The zero-order valence-electron chi connectivity index (χ0n) is 12.6. The molecule has 0 aliphatic heterocycles. The number of hydrogen-bond acceptors (Lipinski definition) is 2. The summed E-state index contributed by atoms with van der Waals surface area (Å²) in [6, 6.07) is 6.64. The Hall–Kier alpha value is -1.03. The Balaban J connectivity index is 2.36. The zero-order valence-corrected chi connectivity index (χ0v) is 14.2. The van der Waals surface area contributed by atoms with Gasteiger partial charge in [0.1, 0.15) is 5.65 Å². The number of pyridine rings is 1. The maximum Gasteiger partial charge on any atom is 0.152 e. The molecule has 0 aliphatic rings. The van der Waals surface area contributed by atoms with Crippen LogP contribution in [0.5, 0.6) is 0 Å². The molecule has 0 saturated heterocycles.